The summed E-state index contributed by atoms with van der Waals surface area (Å²) in [5, 5.41) is 7.98. The lowest BCUT2D eigenvalue weighted by Gasteiger charge is -2.40. The molecule has 0 saturated carbocycles. The predicted octanol–water partition coefficient (Wildman–Crippen LogP) is -0.212. The van der Waals surface area contributed by atoms with E-state index in [2.05, 4.69) is 5.32 Å². The number of hydrogen-bond acceptors (Lipinski definition) is 7. The lowest BCUT2D eigenvalue weighted by Crippen LogP contribution is -2.54. The van der Waals surface area contributed by atoms with Crippen LogP contribution in [0.3, 0.4) is 0 Å². The fraction of sp³-hybridized carbons (Fsp3) is 0.667. The van der Waals surface area contributed by atoms with Gasteiger partial charge in [0.1, 0.15) is 0 Å². The van der Waals surface area contributed by atoms with Gasteiger partial charge >= 0.3 is 0 Å². The van der Waals surface area contributed by atoms with Crippen molar-refractivity contribution in [2.24, 2.45) is 11.1 Å². The van der Waals surface area contributed by atoms with E-state index in [1.807, 2.05) is 0 Å². The Labute approximate surface area is 200 Å². The van der Waals surface area contributed by atoms with Gasteiger partial charge in [0.05, 0.1) is 24.0 Å². The lowest BCUT2D eigenvalue weighted by atomic mass is 9.99. The monoisotopic (exact) mass is 516 g/mol. The third-order valence-corrected chi connectivity index (χ3v) is 9.60. The first-order chi connectivity index (χ1) is 16.1. The highest BCUT2D eigenvalue weighted by molar-refractivity contribution is 7.89. The van der Waals surface area contributed by atoms with Gasteiger partial charge in [0.25, 0.3) is 10.2 Å². The standard InChI is InChI=1S/C21H32N4O7S2/c22-33(27,28)19-5-3-17(4-6-19)7-10-23-20(26)18-2-1-11-25(16-18)34(29,30)24-12-8-21(9-13-24)31-14-15-32-21/h3-6,18H,1-2,7-16H2,(H,23,26)(H2,22,27,28). The van der Waals surface area contributed by atoms with Crippen LogP contribution in [0.25, 0.3) is 0 Å². The zero-order valence-corrected chi connectivity index (χ0v) is 20.7. The van der Waals surface area contributed by atoms with E-state index in [0.717, 1.165) is 5.56 Å². The Hall–Kier alpha value is -1.61. The second-order valence-corrected chi connectivity index (χ2v) is 12.4. The van der Waals surface area contributed by atoms with Crippen LogP contribution >= 0.6 is 0 Å². The Balaban J connectivity index is 1.27. The third kappa shape index (κ3) is 5.78. The Morgan fingerprint density at radius 1 is 1.03 bits per heavy atom. The SMILES string of the molecule is NS(=O)(=O)c1ccc(CCNC(=O)C2CCCN(S(=O)(=O)N3CCC4(CC3)OCCO4)C2)cc1. The van der Waals surface area contributed by atoms with Crippen molar-refractivity contribution in [1.29, 1.82) is 0 Å². The molecule has 0 aliphatic carbocycles. The molecule has 0 radical (unpaired) electrons. The zero-order valence-electron chi connectivity index (χ0n) is 19.0. The molecule has 34 heavy (non-hydrogen) atoms. The van der Waals surface area contributed by atoms with Crippen LogP contribution in [0.5, 0.6) is 0 Å². The fourth-order valence-electron chi connectivity index (χ4n) is 4.69. The molecule has 0 aromatic heterocycles. The van der Waals surface area contributed by atoms with Crippen molar-refractivity contribution in [3.05, 3.63) is 29.8 Å². The Kier molecular flexibility index (Phi) is 7.62. The zero-order chi connectivity index (χ0) is 24.4. The lowest BCUT2D eigenvalue weighted by molar-refractivity contribution is -0.179. The summed E-state index contributed by atoms with van der Waals surface area (Å²) in [6, 6.07) is 6.18. The topological polar surface area (TPSA) is 148 Å². The van der Waals surface area contributed by atoms with Crippen molar-refractivity contribution in [3.63, 3.8) is 0 Å². The molecule has 11 nitrogen and oxygen atoms in total. The van der Waals surface area contributed by atoms with E-state index in [-0.39, 0.29) is 17.3 Å². The number of carbonyl (C=O) groups excluding carboxylic acids is 1. The summed E-state index contributed by atoms with van der Waals surface area (Å²) in [6.07, 6.45) is 2.78. The Morgan fingerprint density at radius 3 is 2.29 bits per heavy atom. The molecule has 3 saturated heterocycles. The summed E-state index contributed by atoms with van der Waals surface area (Å²) >= 11 is 0. The van der Waals surface area contributed by atoms with Crippen molar-refractivity contribution in [3.8, 4) is 0 Å². The number of primary sulfonamides is 1. The normalized spacial score (nSPS) is 24.3. The smallest absolute Gasteiger partial charge is 0.282 e. The third-order valence-electron chi connectivity index (χ3n) is 6.67. The predicted molar refractivity (Wildman–Crippen MR) is 123 cm³/mol. The molecule has 1 spiro atoms. The molecule has 0 bridgehead atoms. The summed E-state index contributed by atoms with van der Waals surface area (Å²) in [5.74, 6) is -1.23. The van der Waals surface area contributed by atoms with Gasteiger partial charge in [-0.25, -0.2) is 13.6 Å². The van der Waals surface area contributed by atoms with Crippen LogP contribution in [-0.4, -0.2) is 83.1 Å². The van der Waals surface area contributed by atoms with E-state index in [4.69, 9.17) is 14.6 Å². The van der Waals surface area contributed by atoms with Crippen LogP contribution < -0.4 is 10.5 Å². The molecular weight excluding hydrogens is 484 g/mol. The number of ether oxygens (including phenoxy) is 2. The molecule has 1 unspecified atom stereocenters. The highest BCUT2D eigenvalue weighted by Crippen LogP contribution is 2.33. The van der Waals surface area contributed by atoms with Crippen LogP contribution in [0.4, 0.5) is 0 Å². The fourth-order valence-corrected chi connectivity index (χ4v) is 6.91. The summed E-state index contributed by atoms with van der Waals surface area (Å²) in [4.78, 5) is 12.8. The average Bonchev–Trinajstić information content (AvgIpc) is 3.27. The van der Waals surface area contributed by atoms with Crippen molar-refractivity contribution in [2.45, 2.75) is 42.8 Å². The summed E-state index contributed by atoms with van der Waals surface area (Å²) in [6.45, 7) is 2.67. The highest BCUT2D eigenvalue weighted by atomic mass is 32.2. The Bertz CT molecular complexity index is 1080. The molecule has 13 heteroatoms. The number of carbonyl (C=O) groups is 1. The molecule has 3 N–H and O–H groups in total. The molecule has 1 atom stereocenters. The average molecular weight is 517 g/mol. The molecule has 3 fully saturated rings. The number of nitrogens with two attached hydrogens (primary N) is 1. The molecule has 4 rings (SSSR count). The molecule has 190 valence electrons. The van der Waals surface area contributed by atoms with Gasteiger partial charge in [-0.1, -0.05) is 12.1 Å². The van der Waals surface area contributed by atoms with Crippen LogP contribution in [0.2, 0.25) is 0 Å². The first-order valence-electron chi connectivity index (χ1n) is 11.5. The number of benzene rings is 1. The Morgan fingerprint density at radius 2 is 1.68 bits per heavy atom. The van der Waals surface area contributed by atoms with Gasteiger partial charge in [-0.3, -0.25) is 4.79 Å². The van der Waals surface area contributed by atoms with Gasteiger partial charge in [0, 0.05) is 45.6 Å². The number of sulfonamides is 1. The second-order valence-electron chi connectivity index (χ2n) is 8.94. The van der Waals surface area contributed by atoms with Crippen LogP contribution in [0, 0.1) is 5.92 Å². The van der Waals surface area contributed by atoms with Crippen molar-refractivity contribution < 1.29 is 31.1 Å². The number of hydrogen-bond donors (Lipinski definition) is 2. The number of nitrogens with zero attached hydrogens (tertiary/aromatic N) is 2. The minimum atomic E-state index is -3.74. The van der Waals surface area contributed by atoms with Crippen molar-refractivity contribution in [2.75, 3.05) is 45.9 Å². The van der Waals surface area contributed by atoms with Crippen LogP contribution in [-0.2, 0) is 40.9 Å². The van der Waals surface area contributed by atoms with Crippen molar-refractivity contribution in [1.82, 2.24) is 13.9 Å². The van der Waals surface area contributed by atoms with Gasteiger partial charge in [-0.15, -0.1) is 0 Å². The van der Waals surface area contributed by atoms with E-state index < -0.39 is 31.9 Å². The van der Waals surface area contributed by atoms with E-state index in [1.54, 1.807) is 12.1 Å². The first kappa shape index (κ1) is 25.5. The summed E-state index contributed by atoms with van der Waals surface area (Å²) < 4.78 is 63.3. The quantitative estimate of drug-likeness (QED) is 0.509. The molecule has 3 aliphatic rings. The molecule has 3 heterocycles. The van der Waals surface area contributed by atoms with Gasteiger partial charge < -0.3 is 14.8 Å². The van der Waals surface area contributed by atoms with E-state index in [9.17, 15) is 21.6 Å². The maximum Gasteiger partial charge on any atom is 0.282 e. The van der Waals surface area contributed by atoms with Gasteiger partial charge in [-0.05, 0) is 37.0 Å². The van der Waals surface area contributed by atoms with Gasteiger partial charge in [0.15, 0.2) is 5.79 Å². The highest BCUT2D eigenvalue weighted by Gasteiger charge is 2.44. The molecule has 1 aromatic rings. The number of amides is 1. The summed E-state index contributed by atoms with van der Waals surface area (Å²) in [5.41, 5.74) is 0.860. The van der Waals surface area contributed by atoms with E-state index in [0.29, 0.717) is 71.5 Å². The minimum Gasteiger partial charge on any atom is -0.355 e. The number of rotatable bonds is 7. The molecule has 1 amide bonds. The maximum atomic E-state index is 13.2. The van der Waals surface area contributed by atoms with Crippen molar-refractivity contribution >= 4 is 26.1 Å². The maximum absolute atomic E-state index is 13.2. The summed E-state index contributed by atoms with van der Waals surface area (Å²) in [7, 11) is -7.40. The van der Waals surface area contributed by atoms with Crippen LogP contribution in [0.1, 0.15) is 31.2 Å². The number of piperidine rings is 2. The van der Waals surface area contributed by atoms with Gasteiger partial charge in [-0.2, -0.15) is 17.0 Å². The van der Waals surface area contributed by atoms with Crippen LogP contribution in [0.15, 0.2) is 29.2 Å². The van der Waals surface area contributed by atoms with Gasteiger partial charge in [0.2, 0.25) is 15.9 Å². The van der Waals surface area contributed by atoms with E-state index >= 15 is 0 Å². The second kappa shape index (κ2) is 10.2. The number of nitrogens with one attached hydrogen (secondary N) is 1. The minimum absolute atomic E-state index is 0.0379. The largest absolute Gasteiger partial charge is 0.355 e. The molecule has 3 aliphatic heterocycles. The molecular formula is C21H32N4O7S2. The molecule has 1 aromatic carbocycles. The van der Waals surface area contributed by atoms with E-state index in [1.165, 1.54) is 20.7 Å². The first-order valence-corrected chi connectivity index (χ1v) is 14.5.